The monoisotopic (exact) mass is 251 g/mol. The third-order valence-corrected chi connectivity index (χ3v) is 2.92. The lowest BCUT2D eigenvalue weighted by Crippen LogP contribution is -1.98. The van der Waals surface area contributed by atoms with E-state index in [1.165, 1.54) is 0 Å². The van der Waals surface area contributed by atoms with E-state index in [1.807, 2.05) is 54.9 Å². The Bertz CT molecular complexity index is 659. The molecular formula is C15H13N3O. The van der Waals surface area contributed by atoms with Gasteiger partial charge in [0.1, 0.15) is 0 Å². The number of aromatic nitrogens is 3. The Morgan fingerprint density at radius 1 is 0.947 bits per heavy atom. The summed E-state index contributed by atoms with van der Waals surface area (Å²) in [4.78, 5) is 4.27. The van der Waals surface area contributed by atoms with Crippen molar-refractivity contribution in [3.05, 3.63) is 66.6 Å². The molecule has 4 heteroatoms. The summed E-state index contributed by atoms with van der Waals surface area (Å²) in [6, 6.07) is 13.8. The average molecular weight is 251 g/mol. The van der Waals surface area contributed by atoms with Crippen LogP contribution < -0.4 is 0 Å². The second-order valence-electron chi connectivity index (χ2n) is 4.22. The number of aliphatic hydroxyl groups is 1. The lowest BCUT2D eigenvalue weighted by molar-refractivity contribution is 0.281. The fourth-order valence-electron chi connectivity index (χ4n) is 1.87. The predicted molar refractivity (Wildman–Crippen MR) is 72.7 cm³/mol. The summed E-state index contributed by atoms with van der Waals surface area (Å²) < 4.78 is 1.73. The molecule has 3 aromatic rings. The van der Waals surface area contributed by atoms with Crippen molar-refractivity contribution in [2.75, 3.05) is 0 Å². The molecule has 0 aliphatic heterocycles. The SMILES string of the molecule is OCc1ccc(-n2cc(-c3ccccc3)cn2)nc1. The molecule has 4 nitrogen and oxygen atoms in total. The lowest BCUT2D eigenvalue weighted by Gasteiger charge is -2.01. The normalized spacial score (nSPS) is 10.6. The third-order valence-electron chi connectivity index (χ3n) is 2.92. The molecule has 2 heterocycles. The zero-order valence-corrected chi connectivity index (χ0v) is 10.3. The van der Waals surface area contributed by atoms with Crippen molar-refractivity contribution in [2.45, 2.75) is 6.61 Å². The zero-order valence-electron chi connectivity index (χ0n) is 10.3. The largest absolute Gasteiger partial charge is 0.392 e. The Morgan fingerprint density at radius 3 is 2.47 bits per heavy atom. The Morgan fingerprint density at radius 2 is 1.79 bits per heavy atom. The standard InChI is InChI=1S/C15H13N3O/c19-11-12-6-7-15(16-8-12)18-10-14(9-17-18)13-4-2-1-3-5-13/h1-10,19H,11H2. The van der Waals surface area contributed by atoms with Gasteiger partial charge in [0.05, 0.1) is 12.8 Å². The van der Waals surface area contributed by atoms with Gasteiger partial charge in [-0.3, -0.25) is 0 Å². The Hall–Kier alpha value is -2.46. The van der Waals surface area contributed by atoms with Gasteiger partial charge < -0.3 is 5.11 Å². The Labute approximate surface area is 111 Å². The molecule has 0 bridgehead atoms. The van der Waals surface area contributed by atoms with E-state index in [4.69, 9.17) is 5.11 Å². The molecule has 0 aliphatic rings. The Kier molecular flexibility index (Phi) is 3.08. The molecule has 19 heavy (non-hydrogen) atoms. The van der Waals surface area contributed by atoms with Gasteiger partial charge in [-0.1, -0.05) is 36.4 Å². The van der Waals surface area contributed by atoms with Gasteiger partial charge in [0.15, 0.2) is 5.82 Å². The minimum atomic E-state index is 0.00164. The lowest BCUT2D eigenvalue weighted by atomic mass is 10.1. The zero-order chi connectivity index (χ0) is 13.1. The first-order valence-corrected chi connectivity index (χ1v) is 6.03. The molecule has 2 aromatic heterocycles. The van der Waals surface area contributed by atoms with Crippen LogP contribution in [0.2, 0.25) is 0 Å². The second-order valence-corrected chi connectivity index (χ2v) is 4.22. The van der Waals surface area contributed by atoms with Gasteiger partial charge >= 0.3 is 0 Å². The number of benzene rings is 1. The van der Waals surface area contributed by atoms with E-state index in [9.17, 15) is 0 Å². The molecular weight excluding hydrogens is 238 g/mol. The number of hydrogen-bond acceptors (Lipinski definition) is 3. The molecule has 0 atom stereocenters. The van der Waals surface area contributed by atoms with Crippen LogP contribution in [0.25, 0.3) is 16.9 Å². The third kappa shape index (κ3) is 2.39. The molecule has 3 rings (SSSR count). The quantitative estimate of drug-likeness (QED) is 0.777. The number of nitrogens with zero attached hydrogens (tertiary/aromatic N) is 3. The van der Waals surface area contributed by atoms with Gasteiger partial charge in [-0.25, -0.2) is 9.67 Å². The van der Waals surface area contributed by atoms with E-state index in [-0.39, 0.29) is 6.61 Å². The van der Waals surface area contributed by atoms with Gasteiger partial charge in [0.25, 0.3) is 0 Å². The smallest absolute Gasteiger partial charge is 0.153 e. The van der Waals surface area contributed by atoms with Crippen LogP contribution in [0.1, 0.15) is 5.56 Å². The second kappa shape index (κ2) is 5.04. The minimum absolute atomic E-state index is 0.00164. The summed E-state index contributed by atoms with van der Waals surface area (Å²) in [5, 5.41) is 13.3. The number of aliphatic hydroxyl groups excluding tert-OH is 1. The summed E-state index contributed by atoms with van der Waals surface area (Å²) in [5.41, 5.74) is 2.97. The van der Waals surface area contributed by atoms with Gasteiger partial charge in [-0.2, -0.15) is 5.10 Å². The maximum absolute atomic E-state index is 8.99. The predicted octanol–water partition coefficient (Wildman–Crippen LogP) is 2.43. The molecule has 0 amide bonds. The fourth-order valence-corrected chi connectivity index (χ4v) is 1.87. The van der Waals surface area contributed by atoms with Crippen LogP contribution in [0.15, 0.2) is 61.1 Å². The van der Waals surface area contributed by atoms with E-state index in [2.05, 4.69) is 10.1 Å². The summed E-state index contributed by atoms with van der Waals surface area (Å²) in [7, 11) is 0. The van der Waals surface area contributed by atoms with Crippen molar-refractivity contribution in [1.29, 1.82) is 0 Å². The molecule has 0 spiro atoms. The molecule has 1 aromatic carbocycles. The van der Waals surface area contributed by atoms with E-state index in [0.29, 0.717) is 0 Å². The minimum Gasteiger partial charge on any atom is -0.392 e. The van der Waals surface area contributed by atoms with Crippen LogP contribution in [-0.4, -0.2) is 19.9 Å². The summed E-state index contributed by atoms with van der Waals surface area (Å²) in [5.74, 6) is 0.736. The number of pyridine rings is 1. The van der Waals surface area contributed by atoms with Crippen LogP contribution >= 0.6 is 0 Å². The summed E-state index contributed by atoms with van der Waals surface area (Å²) in [6.07, 6.45) is 5.41. The van der Waals surface area contributed by atoms with Crippen molar-refractivity contribution >= 4 is 0 Å². The number of hydrogen-bond donors (Lipinski definition) is 1. The fraction of sp³-hybridized carbons (Fsp3) is 0.0667. The first kappa shape index (κ1) is 11.6. The molecule has 0 fully saturated rings. The Balaban J connectivity index is 1.92. The first-order valence-electron chi connectivity index (χ1n) is 6.03. The van der Waals surface area contributed by atoms with Crippen LogP contribution in [0, 0.1) is 0 Å². The van der Waals surface area contributed by atoms with Crippen LogP contribution in [-0.2, 0) is 6.61 Å². The molecule has 0 unspecified atom stereocenters. The summed E-state index contributed by atoms with van der Waals surface area (Å²) >= 11 is 0. The van der Waals surface area contributed by atoms with Crippen LogP contribution in [0.5, 0.6) is 0 Å². The van der Waals surface area contributed by atoms with Crippen molar-refractivity contribution in [1.82, 2.24) is 14.8 Å². The average Bonchev–Trinajstić information content (AvgIpc) is 2.98. The molecule has 0 saturated heterocycles. The molecule has 94 valence electrons. The van der Waals surface area contributed by atoms with Crippen LogP contribution in [0.3, 0.4) is 0 Å². The van der Waals surface area contributed by atoms with Crippen molar-refractivity contribution in [3.63, 3.8) is 0 Å². The van der Waals surface area contributed by atoms with E-state index >= 15 is 0 Å². The van der Waals surface area contributed by atoms with E-state index in [0.717, 1.165) is 22.5 Å². The highest BCUT2D eigenvalue weighted by atomic mass is 16.3. The number of rotatable bonds is 3. The van der Waals surface area contributed by atoms with Crippen LogP contribution in [0.4, 0.5) is 0 Å². The van der Waals surface area contributed by atoms with Gasteiger partial charge in [-0.15, -0.1) is 0 Å². The highest BCUT2D eigenvalue weighted by Gasteiger charge is 2.03. The van der Waals surface area contributed by atoms with Crippen molar-refractivity contribution in [3.8, 4) is 16.9 Å². The first-order chi connectivity index (χ1) is 9.36. The van der Waals surface area contributed by atoms with Gasteiger partial charge in [-0.05, 0) is 17.2 Å². The highest BCUT2D eigenvalue weighted by Crippen LogP contribution is 2.18. The van der Waals surface area contributed by atoms with Gasteiger partial charge in [0.2, 0.25) is 0 Å². The topological polar surface area (TPSA) is 50.9 Å². The highest BCUT2D eigenvalue weighted by molar-refractivity contribution is 5.61. The maximum Gasteiger partial charge on any atom is 0.153 e. The van der Waals surface area contributed by atoms with Crippen molar-refractivity contribution in [2.24, 2.45) is 0 Å². The van der Waals surface area contributed by atoms with E-state index < -0.39 is 0 Å². The van der Waals surface area contributed by atoms with Crippen molar-refractivity contribution < 1.29 is 5.11 Å². The molecule has 0 aliphatic carbocycles. The van der Waals surface area contributed by atoms with Gasteiger partial charge in [0, 0.05) is 18.0 Å². The molecule has 1 N–H and O–H groups in total. The molecule has 0 saturated carbocycles. The molecule has 0 radical (unpaired) electrons. The summed E-state index contributed by atoms with van der Waals surface area (Å²) in [6.45, 7) is 0.00164. The maximum atomic E-state index is 8.99. The van der Waals surface area contributed by atoms with E-state index in [1.54, 1.807) is 10.9 Å².